The Bertz CT molecular complexity index is 775. The fourth-order valence-electron chi connectivity index (χ4n) is 2.54. The van der Waals surface area contributed by atoms with E-state index in [1.54, 1.807) is 19.3 Å². The zero-order chi connectivity index (χ0) is 18.5. The highest BCUT2D eigenvalue weighted by Gasteiger charge is 2.30. The molecule has 0 saturated heterocycles. The van der Waals surface area contributed by atoms with Gasteiger partial charge in [-0.25, -0.2) is 0 Å². The lowest BCUT2D eigenvalue weighted by atomic mass is 10.3. The lowest BCUT2D eigenvalue weighted by Gasteiger charge is -2.13. The summed E-state index contributed by atoms with van der Waals surface area (Å²) in [7, 11) is 0. The van der Waals surface area contributed by atoms with E-state index in [0.29, 0.717) is 17.7 Å². The van der Waals surface area contributed by atoms with Crippen LogP contribution in [0.5, 0.6) is 0 Å². The minimum absolute atomic E-state index is 0.182. The first-order valence-corrected chi connectivity index (χ1v) is 9.64. The monoisotopic (exact) mass is 374 g/mol. The van der Waals surface area contributed by atoms with Crippen LogP contribution in [0.4, 0.5) is 0 Å². The molecule has 3 rings (SSSR count). The van der Waals surface area contributed by atoms with Crippen LogP contribution in [-0.2, 0) is 9.59 Å². The third-order valence-corrected chi connectivity index (χ3v) is 4.89. The molecule has 2 N–H and O–H groups in total. The molecule has 9 heteroatoms. The van der Waals surface area contributed by atoms with E-state index in [-0.39, 0.29) is 17.6 Å². The first-order valence-electron chi connectivity index (χ1n) is 8.65. The van der Waals surface area contributed by atoms with Gasteiger partial charge in [-0.1, -0.05) is 11.8 Å². The quantitative estimate of drug-likeness (QED) is 0.678. The Morgan fingerprint density at radius 3 is 2.85 bits per heavy atom. The lowest BCUT2D eigenvalue weighted by molar-refractivity contribution is -0.127. The molecular formula is C17H22N6O2S. The molecule has 26 heavy (non-hydrogen) atoms. The number of rotatable bonds is 8. The summed E-state index contributed by atoms with van der Waals surface area (Å²) in [5.74, 6) is 0.564. The Labute approximate surface area is 156 Å². The average Bonchev–Trinajstić information content (AvgIpc) is 3.40. The minimum atomic E-state index is -0.560. The van der Waals surface area contributed by atoms with Crippen LogP contribution in [0.2, 0.25) is 0 Å². The van der Waals surface area contributed by atoms with Gasteiger partial charge in [-0.05, 0) is 38.8 Å². The molecular weight excluding hydrogens is 352 g/mol. The summed E-state index contributed by atoms with van der Waals surface area (Å²) < 4.78 is 2.09. The van der Waals surface area contributed by atoms with Crippen molar-refractivity contribution in [3.05, 3.63) is 24.5 Å². The van der Waals surface area contributed by atoms with Crippen molar-refractivity contribution in [1.29, 1.82) is 0 Å². The van der Waals surface area contributed by atoms with Crippen LogP contribution < -0.4 is 10.6 Å². The van der Waals surface area contributed by atoms with Crippen molar-refractivity contribution in [2.45, 2.75) is 43.9 Å². The Morgan fingerprint density at radius 1 is 1.38 bits per heavy atom. The van der Waals surface area contributed by atoms with E-state index in [0.717, 1.165) is 24.2 Å². The second kappa shape index (κ2) is 8.31. The summed E-state index contributed by atoms with van der Waals surface area (Å²) in [6.45, 7) is 4.04. The Hall–Kier alpha value is -2.42. The number of hydrogen-bond acceptors (Lipinski definition) is 6. The van der Waals surface area contributed by atoms with Gasteiger partial charge < -0.3 is 10.6 Å². The van der Waals surface area contributed by atoms with Gasteiger partial charge in [0, 0.05) is 30.5 Å². The minimum Gasteiger partial charge on any atom is -0.355 e. The SMILES string of the molecule is CCNC(=O)[C@@H](C)NC(=O)CSc1nnc(-c2cccnc2)n1C1CC1. The van der Waals surface area contributed by atoms with Gasteiger partial charge in [0.15, 0.2) is 11.0 Å². The van der Waals surface area contributed by atoms with E-state index in [9.17, 15) is 9.59 Å². The Balaban J connectivity index is 1.64. The van der Waals surface area contributed by atoms with Crippen LogP contribution in [0.3, 0.4) is 0 Å². The van der Waals surface area contributed by atoms with E-state index in [1.807, 2.05) is 19.1 Å². The van der Waals surface area contributed by atoms with Crippen molar-refractivity contribution in [1.82, 2.24) is 30.4 Å². The van der Waals surface area contributed by atoms with Crippen LogP contribution in [0.25, 0.3) is 11.4 Å². The second-order valence-electron chi connectivity index (χ2n) is 6.12. The number of nitrogens with zero attached hydrogens (tertiary/aromatic N) is 4. The molecule has 1 aliphatic carbocycles. The molecule has 2 aromatic heterocycles. The zero-order valence-corrected chi connectivity index (χ0v) is 15.6. The third-order valence-electron chi connectivity index (χ3n) is 3.95. The largest absolute Gasteiger partial charge is 0.355 e. The second-order valence-corrected chi connectivity index (χ2v) is 7.06. The zero-order valence-electron chi connectivity index (χ0n) is 14.8. The molecule has 0 aliphatic heterocycles. The third kappa shape index (κ3) is 4.40. The molecule has 8 nitrogen and oxygen atoms in total. The fraction of sp³-hybridized carbons (Fsp3) is 0.471. The van der Waals surface area contributed by atoms with Crippen LogP contribution in [0, 0.1) is 0 Å². The topological polar surface area (TPSA) is 102 Å². The number of carbonyl (C=O) groups is 2. The van der Waals surface area contributed by atoms with Crippen molar-refractivity contribution in [2.24, 2.45) is 0 Å². The summed E-state index contributed by atoms with van der Waals surface area (Å²) >= 11 is 1.33. The van der Waals surface area contributed by atoms with Crippen molar-refractivity contribution in [3.8, 4) is 11.4 Å². The molecule has 0 bridgehead atoms. The molecule has 0 radical (unpaired) electrons. The van der Waals surface area contributed by atoms with Crippen LogP contribution >= 0.6 is 11.8 Å². The van der Waals surface area contributed by atoms with Gasteiger partial charge in [0.05, 0.1) is 5.75 Å². The molecule has 1 aliphatic rings. The average molecular weight is 374 g/mol. The van der Waals surface area contributed by atoms with Crippen LogP contribution in [-0.4, -0.2) is 49.9 Å². The van der Waals surface area contributed by atoms with E-state index in [1.165, 1.54) is 11.8 Å². The summed E-state index contributed by atoms with van der Waals surface area (Å²) in [6.07, 6.45) is 5.65. The first kappa shape index (κ1) is 18.4. The number of thioether (sulfide) groups is 1. The van der Waals surface area contributed by atoms with E-state index >= 15 is 0 Å². The fourth-order valence-corrected chi connectivity index (χ4v) is 3.35. The predicted molar refractivity (Wildman–Crippen MR) is 98.5 cm³/mol. The Kier molecular flexibility index (Phi) is 5.87. The molecule has 138 valence electrons. The molecule has 0 unspecified atom stereocenters. The summed E-state index contributed by atoms with van der Waals surface area (Å²) in [6, 6.07) is 3.63. The standard InChI is InChI=1S/C17H22N6O2S/c1-3-19-16(25)11(2)20-14(24)10-26-17-22-21-15(23(17)13-6-7-13)12-5-4-8-18-9-12/h4-5,8-9,11,13H,3,6-7,10H2,1-2H3,(H,19,25)(H,20,24)/t11-/m1/s1. The lowest BCUT2D eigenvalue weighted by Crippen LogP contribution is -2.45. The van der Waals surface area contributed by atoms with Gasteiger partial charge in [0.2, 0.25) is 11.8 Å². The van der Waals surface area contributed by atoms with Crippen molar-refractivity contribution in [2.75, 3.05) is 12.3 Å². The predicted octanol–water partition coefficient (Wildman–Crippen LogP) is 1.41. The highest BCUT2D eigenvalue weighted by atomic mass is 32.2. The number of aromatic nitrogens is 4. The number of nitrogens with one attached hydrogen (secondary N) is 2. The summed E-state index contributed by atoms with van der Waals surface area (Å²) in [5, 5.41) is 14.7. The maximum absolute atomic E-state index is 12.1. The maximum atomic E-state index is 12.1. The van der Waals surface area contributed by atoms with Gasteiger partial charge in [-0.15, -0.1) is 10.2 Å². The molecule has 0 aromatic carbocycles. The van der Waals surface area contributed by atoms with E-state index < -0.39 is 6.04 Å². The molecule has 2 heterocycles. The molecule has 1 saturated carbocycles. The molecule has 1 atom stereocenters. The van der Waals surface area contributed by atoms with Gasteiger partial charge in [0.1, 0.15) is 6.04 Å². The van der Waals surface area contributed by atoms with E-state index in [2.05, 4.69) is 30.4 Å². The van der Waals surface area contributed by atoms with Gasteiger partial charge in [0.25, 0.3) is 0 Å². The van der Waals surface area contributed by atoms with Crippen LogP contribution in [0.1, 0.15) is 32.7 Å². The highest BCUT2D eigenvalue weighted by molar-refractivity contribution is 7.99. The summed E-state index contributed by atoms with van der Waals surface area (Å²) in [4.78, 5) is 28.0. The van der Waals surface area contributed by atoms with Crippen molar-refractivity contribution >= 4 is 23.6 Å². The smallest absolute Gasteiger partial charge is 0.242 e. The highest BCUT2D eigenvalue weighted by Crippen LogP contribution is 2.40. The number of pyridine rings is 1. The first-order chi connectivity index (χ1) is 12.6. The molecule has 1 fully saturated rings. The number of likely N-dealkylation sites (N-methyl/N-ethyl adjacent to an activating group) is 1. The molecule has 2 aromatic rings. The van der Waals surface area contributed by atoms with E-state index in [4.69, 9.17) is 0 Å². The van der Waals surface area contributed by atoms with Gasteiger partial charge in [-0.2, -0.15) is 0 Å². The Morgan fingerprint density at radius 2 is 2.19 bits per heavy atom. The maximum Gasteiger partial charge on any atom is 0.242 e. The van der Waals surface area contributed by atoms with Crippen molar-refractivity contribution < 1.29 is 9.59 Å². The number of hydrogen-bond donors (Lipinski definition) is 2. The normalized spacial score (nSPS) is 14.7. The number of amides is 2. The summed E-state index contributed by atoms with van der Waals surface area (Å²) in [5.41, 5.74) is 0.910. The van der Waals surface area contributed by atoms with Gasteiger partial charge in [-0.3, -0.25) is 19.1 Å². The van der Waals surface area contributed by atoms with Crippen molar-refractivity contribution in [3.63, 3.8) is 0 Å². The number of carbonyl (C=O) groups excluding carboxylic acids is 2. The molecule has 2 amide bonds. The molecule has 0 spiro atoms. The van der Waals surface area contributed by atoms with Gasteiger partial charge >= 0.3 is 0 Å². The van der Waals surface area contributed by atoms with Crippen LogP contribution in [0.15, 0.2) is 29.7 Å².